The van der Waals surface area contributed by atoms with E-state index in [0.29, 0.717) is 0 Å². The molecule has 0 saturated heterocycles. The molecule has 1 aromatic heterocycles. The van der Waals surface area contributed by atoms with Gasteiger partial charge in [-0.25, -0.2) is 0 Å². The lowest BCUT2D eigenvalue weighted by Gasteiger charge is -2.24. The summed E-state index contributed by atoms with van der Waals surface area (Å²) in [6.07, 6.45) is 9.90. The zero-order chi connectivity index (χ0) is 11.8. The Bertz CT molecular complexity index is 404. The summed E-state index contributed by atoms with van der Waals surface area (Å²) >= 11 is 0. The summed E-state index contributed by atoms with van der Waals surface area (Å²) in [6.45, 7) is 2.03. The van der Waals surface area contributed by atoms with E-state index in [2.05, 4.69) is 4.98 Å². The van der Waals surface area contributed by atoms with Gasteiger partial charge in [0.05, 0.1) is 6.10 Å². The first-order valence-electron chi connectivity index (χ1n) is 6.82. The highest BCUT2D eigenvalue weighted by Crippen LogP contribution is 2.50. The molecule has 2 saturated carbocycles. The maximum Gasteiger partial charge on any atom is 0.0796 e. The number of hydrogen-bond donors (Lipinski definition) is 1. The number of nitrogens with zero attached hydrogens (tertiary/aromatic N) is 1. The van der Waals surface area contributed by atoms with Crippen molar-refractivity contribution in [2.45, 2.75) is 45.1 Å². The molecule has 0 aromatic carbocycles. The molecule has 2 heteroatoms. The number of aryl methyl sites for hydroxylation is 1. The molecule has 3 rings (SSSR count). The van der Waals surface area contributed by atoms with Crippen molar-refractivity contribution >= 4 is 0 Å². The molecule has 0 radical (unpaired) electrons. The van der Waals surface area contributed by atoms with E-state index in [9.17, 15) is 5.11 Å². The van der Waals surface area contributed by atoms with Gasteiger partial charge in [0.1, 0.15) is 0 Å². The van der Waals surface area contributed by atoms with E-state index in [4.69, 9.17) is 0 Å². The van der Waals surface area contributed by atoms with Crippen LogP contribution in [-0.4, -0.2) is 10.1 Å². The second-order valence-corrected chi connectivity index (χ2v) is 5.92. The summed E-state index contributed by atoms with van der Waals surface area (Å²) < 4.78 is 0. The fraction of sp³-hybridized carbons (Fsp3) is 0.667. The van der Waals surface area contributed by atoms with E-state index in [1.807, 2.05) is 19.2 Å². The molecule has 1 heterocycles. The third-order valence-electron chi connectivity index (χ3n) is 4.83. The molecule has 2 nitrogen and oxygen atoms in total. The van der Waals surface area contributed by atoms with E-state index in [1.165, 1.54) is 25.7 Å². The third kappa shape index (κ3) is 2.11. The fourth-order valence-corrected chi connectivity index (χ4v) is 3.94. The van der Waals surface area contributed by atoms with Gasteiger partial charge in [-0.1, -0.05) is 6.42 Å². The minimum absolute atomic E-state index is 0.289. The topological polar surface area (TPSA) is 33.1 Å². The van der Waals surface area contributed by atoms with Gasteiger partial charge in [0.15, 0.2) is 0 Å². The molecule has 1 N–H and O–H groups in total. The van der Waals surface area contributed by atoms with Gasteiger partial charge in [-0.2, -0.15) is 0 Å². The molecule has 1 aromatic rings. The first-order valence-corrected chi connectivity index (χ1v) is 6.82. The summed E-state index contributed by atoms with van der Waals surface area (Å²) in [7, 11) is 0. The maximum atomic E-state index is 10.4. The smallest absolute Gasteiger partial charge is 0.0796 e. The zero-order valence-electron chi connectivity index (χ0n) is 10.5. The normalized spacial score (nSPS) is 32.9. The second-order valence-electron chi connectivity index (χ2n) is 5.92. The average Bonchev–Trinajstić information content (AvgIpc) is 2.91. The molecular formula is C15H21NO. The summed E-state index contributed by atoms with van der Waals surface area (Å²) in [5.41, 5.74) is 2.19. The van der Waals surface area contributed by atoms with Crippen LogP contribution >= 0.6 is 0 Å². The first-order chi connectivity index (χ1) is 8.24. The molecule has 0 spiro atoms. The van der Waals surface area contributed by atoms with Crippen molar-refractivity contribution < 1.29 is 5.11 Å². The molecular weight excluding hydrogens is 210 g/mol. The lowest BCUT2D eigenvalue weighted by molar-refractivity contribution is 0.125. The Morgan fingerprint density at radius 2 is 2.29 bits per heavy atom. The minimum atomic E-state index is -0.289. The van der Waals surface area contributed by atoms with Crippen molar-refractivity contribution in [3.8, 4) is 0 Å². The molecule has 2 aliphatic carbocycles. The lowest BCUT2D eigenvalue weighted by atomic mass is 9.83. The molecule has 2 fully saturated rings. The third-order valence-corrected chi connectivity index (χ3v) is 4.83. The largest absolute Gasteiger partial charge is 0.388 e. The van der Waals surface area contributed by atoms with Crippen molar-refractivity contribution in [1.29, 1.82) is 0 Å². The highest BCUT2D eigenvalue weighted by Gasteiger charge is 2.40. The van der Waals surface area contributed by atoms with Crippen molar-refractivity contribution in [1.82, 2.24) is 4.98 Å². The van der Waals surface area contributed by atoms with Crippen molar-refractivity contribution in [2.24, 2.45) is 17.8 Å². The van der Waals surface area contributed by atoms with Gasteiger partial charge in [-0.05, 0) is 67.6 Å². The number of pyridine rings is 1. The number of aliphatic hydroxyl groups excluding tert-OH is 1. The van der Waals surface area contributed by atoms with Crippen LogP contribution in [0.4, 0.5) is 0 Å². The van der Waals surface area contributed by atoms with Crippen LogP contribution in [0.1, 0.15) is 49.3 Å². The van der Waals surface area contributed by atoms with Crippen LogP contribution in [0.3, 0.4) is 0 Å². The van der Waals surface area contributed by atoms with Gasteiger partial charge in [0.2, 0.25) is 0 Å². The first kappa shape index (κ1) is 11.2. The molecule has 92 valence electrons. The van der Waals surface area contributed by atoms with Crippen molar-refractivity contribution in [2.75, 3.05) is 0 Å². The van der Waals surface area contributed by atoms with E-state index in [1.54, 1.807) is 6.20 Å². The van der Waals surface area contributed by atoms with E-state index in [0.717, 1.165) is 35.3 Å². The Morgan fingerprint density at radius 1 is 1.41 bits per heavy atom. The van der Waals surface area contributed by atoms with E-state index < -0.39 is 0 Å². The van der Waals surface area contributed by atoms with Crippen LogP contribution in [0.15, 0.2) is 18.5 Å². The minimum Gasteiger partial charge on any atom is -0.388 e. The maximum absolute atomic E-state index is 10.4. The Kier molecular flexibility index (Phi) is 2.91. The lowest BCUT2D eigenvalue weighted by Crippen LogP contribution is -2.14. The SMILES string of the molecule is Cc1cnccc1C(O)CC1CC2CCC1C2. The predicted molar refractivity (Wildman–Crippen MR) is 67.5 cm³/mol. The average molecular weight is 231 g/mol. The van der Waals surface area contributed by atoms with Crippen LogP contribution < -0.4 is 0 Å². The monoisotopic (exact) mass is 231 g/mol. The molecule has 2 aliphatic rings. The predicted octanol–water partition coefficient (Wildman–Crippen LogP) is 3.25. The molecule has 2 bridgehead atoms. The summed E-state index contributed by atoms with van der Waals surface area (Å²) in [4.78, 5) is 4.09. The van der Waals surface area contributed by atoms with Gasteiger partial charge in [0, 0.05) is 12.4 Å². The van der Waals surface area contributed by atoms with E-state index >= 15 is 0 Å². The van der Waals surface area contributed by atoms with E-state index in [-0.39, 0.29) is 6.10 Å². The quantitative estimate of drug-likeness (QED) is 0.866. The zero-order valence-corrected chi connectivity index (χ0v) is 10.5. The Labute approximate surface area is 103 Å². The highest BCUT2D eigenvalue weighted by molar-refractivity contribution is 5.24. The van der Waals surface area contributed by atoms with Gasteiger partial charge in [0.25, 0.3) is 0 Å². The summed E-state index contributed by atoms with van der Waals surface area (Å²) in [5.74, 6) is 2.63. The van der Waals surface area contributed by atoms with Crippen molar-refractivity contribution in [3.05, 3.63) is 29.6 Å². The Morgan fingerprint density at radius 3 is 2.94 bits per heavy atom. The number of fused-ring (bicyclic) bond motifs is 2. The van der Waals surface area contributed by atoms with Gasteiger partial charge >= 0.3 is 0 Å². The fourth-order valence-electron chi connectivity index (χ4n) is 3.94. The standard InChI is InChI=1S/C15H21NO/c1-10-9-16-5-4-14(10)15(17)8-13-7-11-2-3-12(13)6-11/h4-5,9,11-13,15,17H,2-3,6-8H2,1H3. The number of aliphatic hydroxyl groups is 1. The molecule has 0 amide bonds. The highest BCUT2D eigenvalue weighted by atomic mass is 16.3. The molecule has 4 atom stereocenters. The van der Waals surface area contributed by atoms with Gasteiger partial charge in [-0.15, -0.1) is 0 Å². The number of hydrogen-bond acceptors (Lipinski definition) is 2. The second kappa shape index (κ2) is 4.41. The Balaban J connectivity index is 1.68. The van der Waals surface area contributed by atoms with Crippen LogP contribution in [-0.2, 0) is 0 Å². The molecule has 0 aliphatic heterocycles. The van der Waals surface area contributed by atoms with Crippen LogP contribution in [0.25, 0.3) is 0 Å². The molecule has 17 heavy (non-hydrogen) atoms. The van der Waals surface area contributed by atoms with Crippen LogP contribution in [0.5, 0.6) is 0 Å². The Hall–Kier alpha value is -0.890. The molecule has 4 unspecified atom stereocenters. The summed E-state index contributed by atoms with van der Waals surface area (Å²) in [5, 5.41) is 10.4. The summed E-state index contributed by atoms with van der Waals surface area (Å²) in [6, 6.07) is 1.97. The number of rotatable bonds is 3. The number of aromatic nitrogens is 1. The van der Waals surface area contributed by atoms with Crippen molar-refractivity contribution in [3.63, 3.8) is 0 Å². The van der Waals surface area contributed by atoms with Gasteiger partial charge in [-0.3, -0.25) is 4.98 Å². The van der Waals surface area contributed by atoms with Gasteiger partial charge < -0.3 is 5.11 Å². The van der Waals surface area contributed by atoms with Crippen LogP contribution in [0.2, 0.25) is 0 Å². The van der Waals surface area contributed by atoms with Crippen LogP contribution in [0, 0.1) is 24.7 Å².